The number of methoxy groups -OCH3 is 2. The van der Waals surface area contributed by atoms with Crippen molar-refractivity contribution in [1.82, 2.24) is 9.88 Å². The van der Waals surface area contributed by atoms with Crippen molar-refractivity contribution in [2.45, 2.75) is 18.5 Å². The number of fused-ring (bicyclic) bond motifs is 3. The number of hydrogen-bond acceptors (Lipinski definition) is 4. The van der Waals surface area contributed by atoms with Gasteiger partial charge in [0.15, 0.2) is 0 Å². The van der Waals surface area contributed by atoms with E-state index in [-0.39, 0.29) is 11.8 Å². The van der Waals surface area contributed by atoms with Gasteiger partial charge in [0.1, 0.15) is 17.7 Å². The van der Waals surface area contributed by atoms with Crippen molar-refractivity contribution >= 4 is 34.4 Å². The van der Waals surface area contributed by atoms with Gasteiger partial charge in [0.05, 0.1) is 20.3 Å². The number of nitrogens with zero attached hydrogens (tertiary/aromatic N) is 1. The van der Waals surface area contributed by atoms with E-state index in [0.717, 1.165) is 27.7 Å². The van der Waals surface area contributed by atoms with Gasteiger partial charge in [0, 0.05) is 23.0 Å². The molecule has 1 aromatic heterocycles. The molecule has 2 heterocycles. The van der Waals surface area contributed by atoms with Crippen LogP contribution in [0.25, 0.3) is 10.9 Å². The number of aromatic amines is 1. The first-order chi connectivity index (χ1) is 14.1. The van der Waals surface area contributed by atoms with Crippen molar-refractivity contribution in [3.63, 3.8) is 0 Å². The lowest BCUT2D eigenvalue weighted by molar-refractivity contribution is -0.154. The molecule has 0 aliphatic carbocycles. The lowest BCUT2D eigenvalue weighted by atomic mass is 9.88. The number of carbonyl (C=O) groups excluding carboxylic acids is 2. The molecule has 1 aliphatic heterocycles. The second-order valence-corrected chi connectivity index (χ2v) is 7.18. The van der Waals surface area contributed by atoms with Crippen LogP contribution >= 0.6 is 11.6 Å². The molecule has 2 aromatic carbocycles. The zero-order valence-electron chi connectivity index (χ0n) is 16.1. The third-order valence-electron chi connectivity index (χ3n) is 5.44. The van der Waals surface area contributed by atoms with E-state index in [1.54, 1.807) is 12.0 Å². The van der Waals surface area contributed by atoms with E-state index < -0.39 is 18.1 Å². The average molecular weight is 413 g/mol. The summed E-state index contributed by atoms with van der Waals surface area (Å²) >= 11 is 5.93. The predicted octanol–water partition coefficient (Wildman–Crippen LogP) is 3.43. The molecule has 150 valence electrons. The number of para-hydroxylation sites is 1. The molecular formula is C22H21ClN2O4. The summed E-state index contributed by atoms with van der Waals surface area (Å²) in [6.45, 7) is 0. The summed E-state index contributed by atoms with van der Waals surface area (Å²) in [7, 11) is 2.93. The Hall–Kier alpha value is -2.99. The maximum atomic E-state index is 12.9. The lowest BCUT2D eigenvalue weighted by Gasteiger charge is -2.40. The van der Waals surface area contributed by atoms with E-state index >= 15 is 0 Å². The van der Waals surface area contributed by atoms with Gasteiger partial charge in [-0.2, -0.15) is 0 Å². The van der Waals surface area contributed by atoms with E-state index in [0.29, 0.717) is 12.2 Å². The SMILES string of the molecule is COC(=O)[C@@H]1Cc2c([nH]c3ccccc23)[C@@H](c2ccc(OC)cc2)N1C(=O)CCl. The third kappa shape index (κ3) is 3.23. The molecule has 3 aromatic rings. The normalized spacial score (nSPS) is 18.4. The lowest BCUT2D eigenvalue weighted by Crippen LogP contribution is -2.52. The first-order valence-corrected chi connectivity index (χ1v) is 9.80. The van der Waals surface area contributed by atoms with Crippen LogP contribution < -0.4 is 4.74 Å². The van der Waals surface area contributed by atoms with Crippen LogP contribution in [0.3, 0.4) is 0 Å². The number of halogens is 1. The van der Waals surface area contributed by atoms with Gasteiger partial charge in [-0.1, -0.05) is 30.3 Å². The Morgan fingerprint density at radius 3 is 2.52 bits per heavy atom. The predicted molar refractivity (Wildman–Crippen MR) is 110 cm³/mol. The summed E-state index contributed by atoms with van der Waals surface area (Å²) in [6.07, 6.45) is 0.362. The summed E-state index contributed by atoms with van der Waals surface area (Å²) < 4.78 is 10.3. The minimum Gasteiger partial charge on any atom is -0.497 e. The Balaban J connectivity index is 1.95. The number of H-pyrrole nitrogens is 1. The number of amides is 1. The van der Waals surface area contributed by atoms with Crippen LogP contribution in [0.1, 0.15) is 22.9 Å². The highest BCUT2D eigenvalue weighted by molar-refractivity contribution is 6.27. The minimum atomic E-state index is -0.759. The van der Waals surface area contributed by atoms with Gasteiger partial charge >= 0.3 is 5.97 Å². The van der Waals surface area contributed by atoms with Crippen LogP contribution in [-0.2, 0) is 20.7 Å². The molecule has 1 aliphatic rings. The van der Waals surface area contributed by atoms with Crippen LogP contribution in [0.4, 0.5) is 0 Å². The molecule has 0 saturated heterocycles. The number of hydrogen-bond donors (Lipinski definition) is 1. The summed E-state index contributed by atoms with van der Waals surface area (Å²) in [5, 5.41) is 1.04. The number of esters is 1. The first kappa shape index (κ1) is 19.3. The van der Waals surface area contributed by atoms with Crippen molar-refractivity contribution < 1.29 is 19.1 Å². The van der Waals surface area contributed by atoms with E-state index in [1.807, 2.05) is 48.5 Å². The molecule has 0 radical (unpaired) electrons. The molecule has 1 amide bonds. The van der Waals surface area contributed by atoms with Gasteiger partial charge in [-0.25, -0.2) is 4.79 Å². The Bertz CT molecular complexity index is 1060. The fourth-order valence-electron chi connectivity index (χ4n) is 4.12. The monoisotopic (exact) mass is 412 g/mol. The van der Waals surface area contributed by atoms with Gasteiger partial charge in [0.25, 0.3) is 0 Å². The number of rotatable bonds is 4. The fourth-order valence-corrected chi connectivity index (χ4v) is 4.26. The van der Waals surface area contributed by atoms with Gasteiger partial charge < -0.3 is 19.4 Å². The van der Waals surface area contributed by atoms with Crippen LogP contribution in [0, 0.1) is 0 Å². The van der Waals surface area contributed by atoms with Crippen molar-refractivity contribution in [2.75, 3.05) is 20.1 Å². The zero-order chi connectivity index (χ0) is 20.5. The molecule has 2 atom stereocenters. The Morgan fingerprint density at radius 1 is 1.14 bits per heavy atom. The quantitative estimate of drug-likeness (QED) is 0.526. The van der Waals surface area contributed by atoms with Gasteiger partial charge in [-0.15, -0.1) is 11.6 Å². The highest BCUT2D eigenvalue weighted by Crippen LogP contribution is 2.41. The summed E-state index contributed by atoms with van der Waals surface area (Å²) in [4.78, 5) is 30.5. The van der Waals surface area contributed by atoms with E-state index in [9.17, 15) is 9.59 Å². The molecule has 0 bridgehead atoms. The zero-order valence-corrected chi connectivity index (χ0v) is 16.9. The van der Waals surface area contributed by atoms with Gasteiger partial charge in [-0.3, -0.25) is 4.79 Å². The van der Waals surface area contributed by atoms with Gasteiger partial charge in [0.2, 0.25) is 5.91 Å². The molecule has 6 nitrogen and oxygen atoms in total. The number of alkyl halides is 1. The fraction of sp³-hybridized carbons (Fsp3) is 0.273. The number of nitrogens with one attached hydrogen (secondary N) is 1. The summed E-state index contributed by atoms with van der Waals surface area (Å²) in [6, 6.07) is 14.1. The second-order valence-electron chi connectivity index (χ2n) is 6.92. The molecule has 1 N–H and O–H groups in total. The second kappa shape index (κ2) is 7.79. The molecule has 7 heteroatoms. The standard InChI is InChI=1S/C22H21ClN2O4/c1-28-14-9-7-13(8-10-14)21-20-16(15-5-3-4-6-17(15)24-20)11-18(22(27)29-2)25(21)19(26)12-23/h3-10,18,21,24H,11-12H2,1-2H3/t18-,21+/m0/s1. The highest BCUT2D eigenvalue weighted by atomic mass is 35.5. The Kier molecular flexibility index (Phi) is 5.20. The Morgan fingerprint density at radius 2 is 1.86 bits per heavy atom. The molecule has 29 heavy (non-hydrogen) atoms. The largest absolute Gasteiger partial charge is 0.497 e. The van der Waals surface area contributed by atoms with Crippen LogP contribution in [0.2, 0.25) is 0 Å². The summed E-state index contributed by atoms with van der Waals surface area (Å²) in [5.74, 6) is -0.304. The van der Waals surface area contributed by atoms with Gasteiger partial charge in [-0.05, 0) is 29.3 Å². The number of ether oxygens (including phenoxy) is 2. The Labute approximate surface area is 173 Å². The number of benzene rings is 2. The maximum Gasteiger partial charge on any atom is 0.328 e. The molecule has 0 fully saturated rings. The van der Waals surface area contributed by atoms with Crippen molar-refractivity contribution in [2.24, 2.45) is 0 Å². The van der Waals surface area contributed by atoms with E-state index in [2.05, 4.69) is 4.98 Å². The molecule has 0 saturated carbocycles. The molecule has 0 unspecified atom stereocenters. The van der Waals surface area contributed by atoms with Crippen LogP contribution in [0.5, 0.6) is 5.75 Å². The molecular weight excluding hydrogens is 392 g/mol. The maximum absolute atomic E-state index is 12.9. The minimum absolute atomic E-state index is 0.226. The molecule has 4 rings (SSSR count). The molecule has 0 spiro atoms. The van der Waals surface area contributed by atoms with Crippen molar-refractivity contribution in [3.8, 4) is 5.75 Å². The van der Waals surface area contributed by atoms with Crippen LogP contribution in [-0.4, -0.2) is 47.9 Å². The van der Waals surface area contributed by atoms with Crippen molar-refractivity contribution in [3.05, 3.63) is 65.4 Å². The highest BCUT2D eigenvalue weighted by Gasteiger charge is 2.43. The smallest absolute Gasteiger partial charge is 0.328 e. The average Bonchev–Trinajstić information content (AvgIpc) is 3.15. The van der Waals surface area contributed by atoms with Crippen molar-refractivity contribution in [1.29, 1.82) is 0 Å². The first-order valence-electron chi connectivity index (χ1n) is 9.27. The van der Waals surface area contributed by atoms with E-state index in [4.69, 9.17) is 21.1 Å². The van der Waals surface area contributed by atoms with E-state index in [1.165, 1.54) is 7.11 Å². The number of carbonyl (C=O) groups is 2. The third-order valence-corrected chi connectivity index (χ3v) is 5.67. The number of aromatic nitrogens is 1. The van der Waals surface area contributed by atoms with Crippen LogP contribution in [0.15, 0.2) is 48.5 Å². The summed E-state index contributed by atoms with van der Waals surface area (Å²) in [5.41, 5.74) is 3.70. The topological polar surface area (TPSA) is 71.6 Å².